The number of halogens is 4. The van der Waals surface area contributed by atoms with Gasteiger partial charge in [-0.05, 0) is 28.1 Å². The molecule has 17 heavy (non-hydrogen) atoms. The molecule has 0 spiro atoms. The molecule has 0 fully saturated rings. The maximum absolute atomic E-state index is 12.1. The second kappa shape index (κ2) is 4.63. The van der Waals surface area contributed by atoms with Gasteiger partial charge in [-0.15, -0.1) is 13.2 Å². The van der Waals surface area contributed by atoms with Crippen LogP contribution in [0.4, 0.5) is 13.2 Å². The number of hydrogen-bond donors (Lipinski definition) is 1. The maximum Gasteiger partial charge on any atom is 0.573 e. The molecule has 1 aromatic rings. The second-order valence-electron chi connectivity index (χ2n) is 2.77. The summed E-state index contributed by atoms with van der Waals surface area (Å²) >= 11 is 2.70. The smallest absolute Gasteiger partial charge is 0.478 e. The summed E-state index contributed by atoms with van der Waals surface area (Å²) in [6, 6.07) is 3.55. The SMILES string of the molecule is N#Cc1ccc(C(=O)O)c(OC(F)(F)F)c1Br. The lowest BCUT2D eigenvalue weighted by Crippen LogP contribution is -2.19. The maximum atomic E-state index is 12.1. The fourth-order valence-electron chi connectivity index (χ4n) is 1.03. The van der Waals surface area contributed by atoms with Crippen molar-refractivity contribution < 1.29 is 27.8 Å². The summed E-state index contributed by atoms with van der Waals surface area (Å²) in [5.74, 6) is -2.53. The van der Waals surface area contributed by atoms with Crippen LogP contribution in [0.1, 0.15) is 15.9 Å². The summed E-state index contributed by atoms with van der Waals surface area (Å²) < 4.78 is 39.5. The van der Waals surface area contributed by atoms with Crippen LogP contribution in [0.3, 0.4) is 0 Å². The van der Waals surface area contributed by atoms with E-state index in [0.29, 0.717) is 0 Å². The van der Waals surface area contributed by atoms with Crippen LogP contribution in [0, 0.1) is 11.3 Å². The third-order valence-corrected chi connectivity index (χ3v) is 2.45. The highest BCUT2D eigenvalue weighted by Crippen LogP contribution is 2.36. The minimum Gasteiger partial charge on any atom is -0.478 e. The van der Waals surface area contributed by atoms with Crippen molar-refractivity contribution in [1.29, 1.82) is 5.26 Å². The number of carboxylic acid groups (broad SMARTS) is 1. The third-order valence-electron chi connectivity index (χ3n) is 1.67. The van der Waals surface area contributed by atoms with Crippen LogP contribution in [-0.2, 0) is 0 Å². The fraction of sp³-hybridized carbons (Fsp3) is 0.111. The van der Waals surface area contributed by atoms with Crippen LogP contribution < -0.4 is 4.74 Å². The number of benzene rings is 1. The summed E-state index contributed by atoms with van der Waals surface area (Å²) in [6.45, 7) is 0. The van der Waals surface area contributed by atoms with E-state index in [-0.39, 0.29) is 10.0 Å². The summed E-state index contributed by atoms with van der Waals surface area (Å²) in [7, 11) is 0. The van der Waals surface area contributed by atoms with Crippen molar-refractivity contribution in [1.82, 2.24) is 0 Å². The Hall–Kier alpha value is -1.75. The standard InChI is InChI=1S/C9H3BrF3NO3/c10-6-4(3-14)1-2-5(8(15)16)7(6)17-9(11,12)13/h1-2H,(H,15,16). The Morgan fingerprint density at radius 1 is 1.47 bits per heavy atom. The number of carboxylic acids is 1. The van der Waals surface area contributed by atoms with Gasteiger partial charge in [0.05, 0.1) is 10.0 Å². The van der Waals surface area contributed by atoms with Gasteiger partial charge < -0.3 is 9.84 Å². The molecule has 1 aromatic carbocycles. The molecule has 0 aliphatic heterocycles. The van der Waals surface area contributed by atoms with E-state index in [1.807, 2.05) is 0 Å². The highest BCUT2D eigenvalue weighted by atomic mass is 79.9. The van der Waals surface area contributed by atoms with Gasteiger partial charge >= 0.3 is 12.3 Å². The van der Waals surface area contributed by atoms with Gasteiger partial charge in [-0.1, -0.05) is 0 Å². The Bertz CT molecular complexity index is 507. The number of rotatable bonds is 2. The van der Waals surface area contributed by atoms with Gasteiger partial charge in [0, 0.05) is 0 Å². The number of ether oxygens (including phenoxy) is 1. The first kappa shape index (κ1) is 13.3. The molecule has 0 saturated carbocycles. The first-order chi connectivity index (χ1) is 7.76. The van der Waals surface area contributed by atoms with Crippen LogP contribution in [0.5, 0.6) is 5.75 Å². The molecule has 0 atom stereocenters. The Balaban J connectivity index is 3.41. The van der Waals surface area contributed by atoms with E-state index in [1.165, 1.54) is 0 Å². The van der Waals surface area contributed by atoms with Gasteiger partial charge in [0.1, 0.15) is 11.6 Å². The van der Waals surface area contributed by atoms with Crippen molar-refractivity contribution in [3.05, 3.63) is 27.7 Å². The number of carbonyl (C=O) groups is 1. The van der Waals surface area contributed by atoms with Crippen molar-refractivity contribution in [3.8, 4) is 11.8 Å². The Kier molecular flexibility index (Phi) is 3.63. The molecule has 90 valence electrons. The summed E-state index contributed by atoms with van der Waals surface area (Å²) in [4.78, 5) is 10.7. The van der Waals surface area contributed by atoms with Crippen LogP contribution >= 0.6 is 15.9 Å². The predicted molar refractivity (Wildman–Crippen MR) is 52.5 cm³/mol. The molecule has 1 rings (SSSR count). The zero-order valence-electron chi connectivity index (χ0n) is 7.88. The summed E-state index contributed by atoms with van der Waals surface area (Å²) in [5.41, 5.74) is -0.845. The van der Waals surface area contributed by atoms with Crippen molar-refractivity contribution in [3.63, 3.8) is 0 Å². The zero-order chi connectivity index (χ0) is 13.2. The predicted octanol–water partition coefficient (Wildman–Crippen LogP) is 2.92. The van der Waals surface area contributed by atoms with Crippen molar-refractivity contribution in [2.24, 2.45) is 0 Å². The van der Waals surface area contributed by atoms with Gasteiger partial charge in [-0.25, -0.2) is 4.79 Å². The van der Waals surface area contributed by atoms with E-state index < -0.39 is 23.6 Å². The number of aromatic carboxylic acids is 1. The topological polar surface area (TPSA) is 70.3 Å². The Labute approximate surface area is 101 Å². The summed E-state index contributed by atoms with van der Waals surface area (Å²) in [5, 5.41) is 17.3. The van der Waals surface area contributed by atoms with Gasteiger partial charge in [0.2, 0.25) is 0 Å². The molecule has 0 radical (unpaired) electrons. The first-order valence-electron chi connectivity index (χ1n) is 3.98. The highest BCUT2D eigenvalue weighted by molar-refractivity contribution is 9.10. The van der Waals surface area contributed by atoms with Crippen molar-refractivity contribution >= 4 is 21.9 Å². The lowest BCUT2D eigenvalue weighted by molar-refractivity contribution is -0.275. The quantitative estimate of drug-likeness (QED) is 0.912. The lowest BCUT2D eigenvalue weighted by atomic mass is 10.1. The highest BCUT2D eigenvalue weighted by Gasteiger charge is 2.34. The molecule has 0 heterocycles. The van der Waals surface area contributed by atoms with E-state index >= 15 is 0 Å². The van der Waals surface area contributed by atoms with Gasteiger partial charge in [0.15, 0.2) is 5.75 Å². The van der Waals surface area contributed by atoms with Gasteiger partial charge in [-0.2, -0.15) is 5.26 Å². The lowest BCUT2D eigenvalue weighted by Gasteiger charge is -2.13. The molecule has 0 aliphatic rings. The van der Waals surface area contributed by atoms with Crippen molar-refractivity contribution in [2.45, 2.75) is 6.36 Å². The molecule has 4 nitrogen and oxygen atoms in total. The van der Waals surface area contributed by atoms with E-state index in [4.69, 9.17) is 10.4 Å². The van der Waals surface area contributed by atoms with E-state index in [9.17, 15) is 18.0 Å². The minimum absolute atomic E-state index is 0.158. The van der Waals surface area contributed by atoms with Crippen molar-refractivity contribution in [2.75, 3.05) is 0 Å². The van der Waals surface area contributed by atoms with Crippen LogP contribution in [0.2, 0.25) is 0 Å². The molecule has 0 amide bonds. The van der Waals surface area contributed by atoms with Crippen LogP contribution in [0.15, 0.2) is 16.6 Å². The van der Waals surface area contributed by atoms with Crippen LogP contribution in [-0.4, -0.2) is 17.4 Å². The average Bonchev–Trinajstić information content (AvgIpc) is 2.18. The monoisotopic (exact) mass is 309 g/mol. The normalized spacial score (nSPS) is 10.8. The zero-order valence-corrected chi connectivity index (χ0v) is 9.46. The third kappa shape index (κ3) is 3.10. The van der Waals surface area contributed by atoms with Crippen LogP contribution in [0.25, 0.3) is 0 Å². The molecule has 8 heteroatoms. The Morgan fingerprint density at radius 3 is 2.47 bits per heavy atom. The number of alkyl halides is 3. The van der Waals surface area contributed by atoms with E-state index in [1.54, 1.807) is 6.07 Å². The second-order valence-corrected chi connectivity index (χ2v) is 3.56. The number of hydrogen-bond acceptors (Lipinski definition) is 3. The largest absolute Gasteiger partial charge is 0.573 e. The molecule has 1 N–H and O–H groups in total. The fourth-order valence-corrected chi connectivity index (χ4v) is 1.54. The number of nitriles is 1. The molecular weight excluding hydrogens is 307 g/mol. The van der Waals surface area contributed by atoms with E-state index in [0.717, 1.165) is 12.1 Å². The molecule has 0 saturated heterocycles. The van der Waals surface area contributed by atoms with Gasteiger partial charge in [0.25, 0.3) is 0 Å². The average molecular weight is 310 g/mol. The number of nitrogens with zero attached hydrogens (tertiary/aromatic N) is 1. The Morgan fingerprint density at radius 2 is 2.06 bits per heavy atom. The molecule has 0 unspecified atom stereocenters. The summed E-state index contributed by atoms with van der Waals surface area (Å²) in [6.07, 6.45) is -5.04. The molecule has 0 aliphatic carbocycles. The van der Waals surface area contributed by atoms with E-state index in [2.05, 4.69) is 20.7 Å². The molecule has 0 bridgehead atoms. The minimum atomic E-state index is -5.04. The molecule has 0 aromatic heterocycles. The first-order valence-corrected chi connectivity index (χ1v) is 4.77. The van der Waals surface area contributed by atoms with Gasteiger partial charge in [-0.3, -0.25) is 0 Å². The molecular formula is C9H3BrF3NO3.